The van der Waals surface area contributed by atoms with Gasteiger partial charge >= 0.3 is 17.7 Å². The van der Waals surface area contributed by atoms with Gasteiger partial charge in [-0.3, -0.25) is 0 Å². The SMILES string of the molecule is C/C(O)=C(\C#[N+]c1ccccc1)C(=O)O. The molecule has 4 heteroatoms. The van der Waals surface area contributed by atoms with Crippen LogP contribution in [0.4, 0.5) is 5.69 Å². The molecule has 0 aliphatic carbocycles. The van der Waals surface area contributed by atoms with Crippen molar-refractivity contribution in [1.29, 1.82) is 0 Å². The third kappa shape index (κ3) is 3.16. The van der Waals surface area contributed by atoms with Crippen molar-refractivity contribution in [2.75, 3.05) is 0 Å². The molecule has 0 fully saturated rings. The van der Waals surface area contributed by atoms with Gasteiger partial charge in [-0.1, -0.05) is 18.2 Å². The molecule has 0 aliphatic rings. The summed E-state index contributed by atoms with van der Waals surface area (Å²) in [5.41, 5.74) is 0.247. The van der Waals surface area contributed by atoms with Gasteiger partial charge < -0.3 is 10.2 Å². The monoisotopic (exact) mass is 204 g/mol. The number of carboxylic acids is 1. The van der Waals surface area contributed by atoms with E-state index in [2.05, 4.69) is 10.9 Å². The average molecular weight is 204 g/mol. The summed E-state index contributed by atoms with van der Waals surface area (Å²) in [5.74, 6) is -1.57. The minimum absolute atomic E-state index is 0.317. The first-order valence-corrected chi connectivity index (χ1v) is 4.26. The van der Waals surface area contributed by atoms with E-state index in [1.807, 2.05) is 6.07 Å². The summed E-state index contributed by atoms with van der Waals surface area (Å²) >= 11 is 0. The lowest BCUT2D eigenvalue weighted by Crippen LogP contribution is -2.00. The predicted molar refractivity (Wildman–Crippen MR) is 56.3 cm³/mol. The number of carboxylic acid groups (broad SMARTS) is 1. The van der Waals surface area contributed by atoms with Crippen molar-refractivity contribution in [2.45, 2.75) is 6.92 Å². The molecule has 2 N–H and O–H groups in total. The lowest BCUT2D eigenvalue weighted by molar-refractivity contribution is -0.132. The highest BCUT2D eigenvalue weighted by Gasteiger charge is 2.15. The maximum atomic E-state index is 10.6. The molecule has 76 valence electrons. The van der Waals surface area contributed by atoms with E-state index in [4.69, 9.17) is 10.2 Å². The number of hydrogen-bond donors (Lipinski definition) is 2. The minimum atomic E-state index is -1.25. The maximum Gasteiger partial charge on any atom is 0.354 e. The molecule has 0 unspecified atom stereocenters. The normalized spacial score (nSPS) is 11.0. The number of aliphatic hydroxyl groups is 1. The summed E-state index contributed by atoms with van der Waals surface area (Å²) in [7, 11) is 0. The Kier molecular flexibility index (Phi) is 3.47. The van der Waals surface area contributed by atoms with Crippen molar-refractivity contribution < 1.29 is 15.0 Å². The fraction of sp³-hybridized carbons (Fsp3) is 0.0909. The summed E-state index contributed by atoms with van der Waals surface area (Å²) in [6.45, 7) is 1.27. The summed E-state index contributed by atoms with van der Waals surface area (Å²) < 4.78 is 0. The van der Waals surface area contributed by atoms with Gasteiger partial charge in [0.15, 0.2) is 0 Å². The number of nitrogens with zero attached hydrogens (tertiary/aromatic N) is 1. The van der Waals surface area contributed by atoms with E-state index in [0.717, 1.165) is 0 Å². The first-order valence-electron chi connectivity index (χ1n) is 4.26. The van der Waals surface area contributed by atoms with Crippen LogP contribution in [0.3, 0.4) is 0 Å². The van der Waals surface area contributed by atoms with Gasteiger partial charge in [-0.15, -0.1) is 0 Å². The molecule has 0 atom stereocenters. The summed E-state index contributed by atoms with van der Waals surface area (Å²) in [4.78, 5) is 14.4. The molecule has 15 heavy (non-hydrogen) atoms. The molecule has 1 aromatic rings. The quantitative estimate of drug-likeness (QED) is 0.420. The molecule has 1 rings (SSSR count). The molecular weight excluding hydrogens is 194 g/mol. The molecule has 0 spiro atoms. The summed E-state index contributed by atoms with van der Waals surface area (Å²) in [6.07, 6.45) is 0. The lowest BCUT2D eigenvalue weighted by Gasteiger charge is -1.86. The molecule has 0 radical (unpaired) electrons. The number of allylic oxidation sites excluding steroid dienone is 1. The molecule has 4 nitrogen and oxygen atoms in total. The van der Waals surface area contributed by atoms with Crippen LogP contribution in [-0.2, 0) is 4.79 Å². The number of hydrogen-bond acceptors (Lipinski definition) is 2. The van der Waals surface area contributed by atoms with Gasteiger partial charge in [-0.2, -0.15) is 0 Å². The second kappa shape index (κ2) is 4.82. The highest BCUT2D eigenvalue weighted by Crippen LogP contribution is 2.10. The second-order valence-electron chi connectivity index (χ2n) is 2.82. The maximum absolute atomic E-state index is 10.6. The highest BCUT2D eigenvalue weighted by molar-refractivity contribution is 5.92. The highest BCUT2D eigenvalue weighted by atomic mass is 16.4. The van der Waals surface area contributed by atoms with Crippen LogP contribution in [0.5, 0.6) is 0 Å². The van der Waals surface area contributed by atoms with E-state index in [-0.39, 0.29) is 11.3 Å². The Bertz CT molecular complexity index is 448. The van der Waals surface area contributed by atoms with Gasteiger partial charge in [0.25, 0.3) is 0 Å². The fourth-order valence-electron chi connectivity index (χ4n) is 0.906. The smallest absolute Gasteiger partial charge is 0.354 e. The molecule has 1 aromatic carbocycles. The average Bonchev–Trinajstić information content (AvgIpc) is 2.18. The molecular formula is C11H10NO3+. The van der Waals surface area contributed by atoms with Crippen LogP contribution < -0.4 is 0 Å². The third-order valence-corrected chi connectivity index (χ3v) is 1.63. The van der Waals surface area contributed by atoms with Crippen LogP contribution in [0.15, 0.2) is 41.7 Å². The zero-order valence-corrected chi connectivity index (χ0v) is 8.14. The molecule has 0 aliphatic heterocycles. The predicted octanol–water partition coefficient (Wildman–Crippen LogP) is 2.57. The van der Waals surface area contributed by atoms with Crippen LogP contribution >= 0.6 is 0 Å². The van der Waals surface area contributed by atoms with Crippen LogP contribution in [-0.4, -0.2) is 16.2 Å². The standard InChI is InChI=1S/C11H9NO3/c1-8(13)10(11(14)15)7-12-9-5-3-2-4-6-9/h2-6H,1H3,(H,14,15)/p+1. The zero-order chi connectivity index (χ0) is 11.3. The zero-order valence-electron chi connectivity index (χ0n) is 8.14. The number of rotatable bonds is 1. The topological polar surface area (TPSA) is 61.9 Å². The Morgan fingerprint density at radius 1 is 1.27 bits per heavy atom. The van der Waals surface area contributed by atoms with Crippen LogP contribution in [0.2, 0.25) is 0 Å². The summed E-state index contributed by atoms with van der Waals surface area (Å²) in [6, 6.07) is 11.1. The third-order valence-electron chi connectivity index (χ3n) is 1.63. The van der Waals surface area contributed by atoms with Gasteiger partial charge in [-0.25, -0.2) is 4.79 Å². The van der Waals surface area contributed by atoms with Crippen molar-refractivity contribution in [3.05, 3.63) is 46.5 Å². The van der Waals surface area contributed by atoms with E-state index in [0.29, 0.717) is 5.69 Å². The molecule has 0 heterocycles. The van der Waals surface area contributed by atoms with Crippen molar-refractivity contribution in [2.24, 2.45) is 0 Å². The molecule has 0 bridgehead atoms. The number of para-hydroxylation sites is 1. The first-order chi connectivity index (χ1) is 7.11. The van der Waals surface area contributed by atoms with Crippen molar-refractivity contribution in [3.63, 3.8) is 0 Å². The number of benzene rings is 1. The number of aliphatic carboxylic acids is 1. The van der Waals surface area contributed by atoms with Gasteiger partial charge in [0.1, 0.15) is 5.76 Å². The van der Waals surface area contributed by atoms with Crippen LogP contribution in [0.25, 0.3) is 4.85 Å². The van der Waals surface area contributed by atoms with E-state index < -0.39 is 5.97 Å². The van der Waals surface area contributed by atoms with Crippen LogP contribution in [0, 0.1) is 6.07 Å². The Balaban J connectivity index is 3.00. The lowest BCUT2D eigenvalue weighted by atomic mass is 10.2. The number of aliphatic hydroxyl groups excluding tert-OH is 1. The van der Waals surface area contributed by atoms with Crippen molar-refractivity contribution in [3.8, 4) is 6.07 Å². The molecule has 0 saturated heterocycles. The van der Waals surface area contributed by atoms with Gasteiger partial charge in [-0.05, 0) is 11.8 Å². The molecule has 0 amide bonds. The van der Waals surface area contributed by atoms with E-state index >= 15 is 0 Å². The largest absolute Gasteiger partial charge is 0.511 e. The fourth-order valence-corrected chi connectivity index (χ4v) is 0.906. The van der Waals surface area contributed by atoms with Gasteiger partial charge in [0.2, 0.25) is 5.57 Å². The Morgan fingerprint density at radius 3 is 2.33 bits per heavy atom. The molecule has 0 aromatic heterocycles. The van der Waals surface area contributed by atoms with E-state index in [1.54, 1.807) is 24.3 Å². The Hall–Kier alpha value is -2.28. The van der Waals surface area contributed by atoms with E-state index in [9.17, 15) is 4.79 Å². The first kappa shape index (κ1) is 10.8. The van der Waals surface area contributed by atoms with Gasteiger partial charge in [0.05, 0.1) is 0 Å². The molecule has 0 saturated carbocycles. The Morgan fingerprint density at radius 2 is 1.87 bits per heavy atom. The van der Waals surface area contributed by atoms with E-state index in [1.165, 1.54) is 6.92 Å². The summed E-state index contributed by atoms with van der Waals surface area (Å²) in [5, 5.41) is 17.7. The Labute approximate surface area is 86.9 Å². The number of carbonyl (C=O) groups is 1. The van der Waals surface area contributed by atoms with Crippen molar-refractivity contribution >= 4 is 11.7 Å². The van der Waals surface area contributed by atoms with Crippen LogP contribution in [0.1, 0.15) is 6.92 Å². The van der Waals surface area contributed by atoms with Gasteiger partial charge in [0, 0.05) is 12.1 Å². The minimum Gasteiger partial charge on any atom is -0.511 e. The van der Waals surface area contributed by atoms with Crippen molar-refractivity contribution in [1.82, 2.24) is 0 Å². The second-order valence-corrected chi connectivity index (χ2v) is 2.82.